The summed E-state index contributed by atoms with van der Waals surface area (Å²) in [6.07, 6.45) is -2.92. The molecule has 0 atom stereocenters. The number of aromatic nitrogens is 3. The van der Waals surface area contributed by atoms with Crippen LogP contribution in [0.1, 0.15) is 5.82 Å². The molecular weight excluding hydrogens is 385 g/mol. The van der Waals surface area contributed by atoms with Crippen LogP contribution in [0.5, 0.6) is 17.4 Å². The number of hydrogen-bond acceptors (Lipinski definition) is 5. The van der Waals surface area contributed by atoms with E-state index < -0.39 is 17.9 Å². The van der Waals surface area contributed by atoms with E-state index in [-0.39, 0.29) is 11.6 Å². The Kier molecular flexibility index (Phi) is 5.12. The highest BCUT2D eigenvalue weighted by Gasteiger charge is 2.61. The van der Waals surface area contributed by atoms with Gasteiger partial charge in [0.2, 0.25) is 11.7 Å². The Bertz CT molecular complexity index is 962. The molecule has 0 saturated carbocycles. The van der Waals surface area contributed by atoms with Gasteiger partial charge in [0, 0.05) is 17.3 Å². The van der Waals surface area contributed by atoms with Crippen molar-refractivity contribution in [3.05, 3.63) is 60.8 Å². The summed E-state index contributed by atoms with van der Waals surface area (Å²) in [5.74, 6) is -6.38. The van der Waals surface area contributed by atoms with Crippen LogP contribution < -0.4 is 9.47 Å². The number of rotatable bonds is 5. The molecule has 10 heteroatoms. The number of pyridine rings is 1. The summed E-state index contributed by atoms with van der Waals surface area (Å²) in [4.78, 5) is 10.3. The van der Waals surface area contributed by atoms with Gasteiger partial charge in [0.25, 0.3) is 0 Å². The van der Waals surface area contributed by atoms with Crippen LogP contribution in [0.2, 0.25) is 0 Å². The molecule has 0 unspecified atom stereocenters. The van der Waals surface area contributed by atoms with Crippen LogP contribution in [-0.4, -0.2) is 28.2 Å². The zero-order valence-electron chi connectivity index (χ0n) is 14.2. The number of alkyl halides is 5. The van der Waals surface area contributed by atoms with E-state index in [2.05, 4.69) is 15.0 Å². The van der Waals surface area contributed by atoms with E-state index in [4.69, 9.17) is 9.47 Å². The maximum atomic E-state index is 13.3. The summed E-state index contributed by atoms with van der Waals surface area (Å²) in [7, 11) is 1.49. The van der Waals surface area contributed by atoms with E-state index in [1.807, 2.05) is 0 Å². The van der Waals surface area contributed by atoms with E-state index in [0.717, 1.165) is 12.4 Å². The van der Waals surface area contributed by atoms with Gasteiger partial charge in [-0.1, -0.05) is 18.2 Å². The third-order valence-corrected chi connectivity index (χ3v) is 3.65. The van der Waals surface area contributed by atoms with Crippen molar-refractivity contribution in [3.8, 4) is 28.5 Å². The average Bonchev–Trinajstić information content (AvgIpc) is 2.68. The molecule has 2 heterocycles. The van der Waals surface area contributed by atoms with Gasteiger partial charge in [0.15, 0.2) is 5.75 Å². The first kappa shape index (κ1) is 19.5. The molecule has 3 aromatic rings. The van der Waals surface area contributed by atoms with Gasteiger partial charge in [-0.05, 0) is 18.2 Å². The summed E-state index contributed by atoms with van der Waals surface area (Å²) in [5, 5.41) is 0. The molecule has 3 rings (SSSR count). The van der Waals surface area contributed by atoms with Crippen LogP contribution in [0.25, 0.3) is 11.1 Å². The maximum absolute atomic E-state index is 13.3. The molecule has 0 spiro atoms. The van der Waals surface area contributed by atoms with Crippen molar-refractivity contribution in [2.24, 2.45) is 0 Å². The predicted molar refractivity (Wildman–Crippen MR) is 88.3 cm³/mol. The molecule has 0 amide bonds. The lowest BCUT2D eigenvalue weighted by Gasteiger charge is -2.18. The topological polar surface area (TPSA) is 57.1 Å². The van der Waals surface area contributed by atoms with Gasteiger partial charge in [-0.3, -0.25) is 0 Å². The van der Waals surface area contributed by atoms with E-state index in [0.29, 0.717) is 16.9 Å². The van der Waals surface area contributed by atoms with E-state index >= 15 is 0 Å². The molecule has 28 heavy (non-hydrogen) atoms. The average molecular weight is 397 g/mol. The van der Waals surface area contributed by atoms with Crippen LogP contribution >= 0.6 is 0 Å². The Balaban J connectivity index is 1.92. The number of nitrogens with zero attached hydrogens (tertiary/aromatic N) is 3. The highest BCUT2D eigenvalue weighted by atomic mass is 19.4. The highest BCUT2D eigenvalue weighted by molar-refractivity contribution is 5.74. The molecule has 0 aliphatic heterocycles. The highest BCUT2D eigenvalue weighted by Crippen LogP contribution is 2.42. The molecule has 0 N–H and O–H groups in total. The lowest BCUT2D eigenvalue weighted by atomic mass is 10.1. The maximum Gasteiger partial charge on any atom is 0.461 e. The Labute approximate surface area is 155 Å². The lowest BCUT2D eigenvalue weighted by molar-refractivity contribution is -0.292. The summed E-state index contributed by atoms with van der Waals surface area (Å²) < 4.78 is 74.5. The first-order valence-corrected chi connectivity index (χ1v) is 7.77. The number of hydrogen-bond donors (Lipinski definition) is 0. The molecule has 0 fully saturated rings. The van der Waals surface area contributed by atoms with Crippen molar-refractivity contribution in [2.75, 3.05) is 7.11 Å². The quantitative estimate of drug-likeness (QED) is 0.568. The summed E-state index contributed by atoms with van der Waals surface area (Å²) in [5.41, 5.74) is 1.17. The Morgan fingerprint density at radius 1 is 0.821 bits per heavy atom. The van der Waals surface area contributed by atoms with Gasteiger partial charge < -0.3 is 9.47 Å². The fourth-order valence-corrected chi connectivity index (χ4v) is 2.31. The Morgan fingerprint density at radius 2 is 1.46 bits per heavy atom. The minimum absolute atomic E-state index is 0.0749. The molecule has 0 radical (unpaired) electrons. The second-order valence-electron chi connectivity index (χ2n) is 5.47. The van der Waals surface area contributed by atoms with Crippen molar-refractivity contribution in [1.82, 2.24) is 15.0 Å². The van der Waals surface area contributed by atoms with Crippen molar-refractivity contribution in [1.29, 1.82) is 0 Å². The first-order chi connectivity index (χ1) is 13.2. The van der Waals surface area contributed by atoms with Crippen LogP contribution in [-0.2, 0) is 5.92 Å². The number of ether oxygens (including phenoxy) is 2. The molecule has 0 saturated heterocycles. The first-order valence-electron chi connectivity index (χ1n) is 7.77. The van der Waals surface area contributed by atoms with Gasteiger partial charge in [-0.15, -0.1) is 0 Å². The van der Waals surface area contributed by atoms with Gasteiger partial charge in [0.05, 0.1) is 19.5 Å². The van der Waals surface area contributed by atoms with Gasteiger partial charge in [0.1, 0.15) is 5.75 Å². The zero-order valence-corrected chi connectivity index (χ0v) is 14.2. The SMILES string of the molecule is COc1ccccc1-c1cccnc1Oc1cnc(C(F)(F)C(F)(F)F)nc1. The van der Waals surface area contributed by atoms with Gasteiger partial charge >= 0.3 is 12.1 Å². The monoisotopic (exact) mass is 397 g/mol. The molecule has 2 aromatic heterocycles. The molecule has 1 aromatic carbocycles. The van der Waals surface area contributed by atoms with Crippen molar-refractivity contribution >= 4 is 0 Å². The molecular formula is C18H12F5N3O2. The minimum atomic E-state index is -5.80. The van der Waals surface area contributed by atoms with Crippen LogP contribution in [0.3, 0.4) is 0 Å². The third-order valence-electron chi connectivity index (χ3n) is 3.65. The van der Waals surface area contributed by atoms with Crippen LogP contribution in [0.4, 0.5) is 22.0 Å². The molecule has 0 bridgehead atoms. The number of para-hydroxylation sites is 1. The predicted octanol–water partition coefficient (Wildman–Crippen LogP) is 4.99. The molecule has 5 nitrogen and oxygen atoms in total. The second-order valence-corrected chi connectivity index (χ2v) is 5.47. The summed E-state index contributed by atoms with van der Waals surface area (Å²) >= 11 is 0. The standard InChI is InChI=1S/C18H12F5N3O2/c1-27-14-7-3-2-5-12(14)13-6-4-8-24-15(13)28-11-9-25-16(26-10-11)17(19,20)18(21,22)23/h2-10H,1H3. The second kappa shape index (κ2) is 7.37. The lowest BCUT2D eigenvalue weighted by Crippen LogP contribution is -2.35. The zero-order chi connectivity index (χ0) is 20.4. The van der Waals surface area contributed by atoms with Crippen LogP contribution in [0.15, 0.2) is 55.0 Å². The normalized spacial score (nSPS) is 11.9. The largest absolute Gasteiger partial charge is 0.496 e. The van der Waals surface area contributed by atoms with E-state index in [1.165, 1.54) is 13.3 Å². The van der Waals surface area contributed by atoms with E-state index in [9.17, 15) is 22.0 Å². The third kappa shape index (κ3) is 3.71. The molecule has 0 aliphatic carbocycles. The van der Waals surface area contributed by atoms with Crippen LogP contribution in [0, 0.1) is 0 Å². The van der Waals surface area contributed by atoms with E-state index in [1.54, 1.807) is 36.4 Å². The number of benzene rings is 1. The van der Waals surface area contributed by atoms with Crippen molar-refractivity contribution in [2.45, 2.75) is 12.1 Å². The molecule has 0 aliphatic rings. The fraction of sp³-hybridized carbons (Fsp3) is 0.167. The smallest absolute Gasteiger partial charge is 0.461 e. The molecule has 146 valence electrons. The summed E-state index contributed by atoms with van der Waals surface area (Å²) in [6, 6.07) is 10.4. The Morgan fingerprint density at radius 3 is 2.11 bits per heavy atom. The van der Waals surface area contributed by atoms with Gasteiger partial charge in [-0.25, -0.2) is 15.0 Å². The minimum Gasteiger partial charge on any atom is -0.496 e. The summed E-state index contributed by atoms with van der Waals surface area (Å²) in [6.45, 7) is 0. The Hall–Kier alpha value is -3.30. The fourth-order valence-electron chi connectivity index (χ4n) is 2.31. The van der Waals surface area contributed by atoms with Crippen molar-refractivity contribution in [3.63, 3.8) is 0 Å². The number of methoxy groups -OCH3 is 1. The van der Waals surface area contributed by atoms with Gasteiger partial charge in [-0.2, -0.15) is 22.0 Å². The van der Waals surface area contributed by atoms with Crippen molar-refractivity contribution < 1.29 is 31.4 Å². The number of halogens is 5.